The fourth-order valence-corrected chi connectivity index (χ4v) is 3.99. The molecule has 10 heteroatoms. The molecule has 2 heterocycles. The van der Waals surface area contributed by atoms with Crippen LogP contribution in [0, 0.1) is 0 Å². The van der Waals surface area contributed by atoms with E-state index < -0.39 is 12.1 Å². The highest BCUT2D eigenvalue weighted by Gasteiger charge is 2.28. The highest BCUT2D eigenvalue weighted by molar-refractivity contribution is 6.01. The smallest absolute Gasteiger partial charge is 0.407 e. The molecule has 33 heavy (non-hydrogen) atoms. The molecular weight excluding hydrogens is 424 g/mol. The number of unbranched alkanes of at least 4 members (excludes halogenated alkanes) is 1. The number of nitrogen functional groups attached to an aromatic ring is 1. The molecule has 0 aromatic carbocycles. The molecule has 3 rings (SSSR count). The molecule has 1 aliphatic rings. The Morgan fingerprint density at radius 1 is 1.24 bits per heavy atom. The average molecular weight is 459 g/mol. The van der Waals surface area contributed by atoms with Crippen molar-refractivity contribution in [2.45, 2.75) is 71.0 Å². The zero-order chi connectivity index (χ0) is 23.8. The SMILES string of the molecule is CCCCOC(=O)N[C@H]1CCCC[C@H]1Nc1cc(N)c(C(=O)OC)c(-c2cnn(CC)c2)n1. The van der Waals surface area contributed by atoms with E-state index in [1.165, 1.54) is 7.11 Å². The molecule has 2 aromatic rings. The van der Waals surface area contributed by atoms with Crippen LogP contribution >= 0.6 is 0 Å². The van der Waals surface area contributed by atoms with Crippen LogP contribution in [0.3, 0.4) is 0 Å². The highest BCUT2D eigenvalue weighted by Crippen LogP contribution is 2.30. The number of amides is 1. The number of rotatable bonds is 9. The maximum Gasteiger partial charge on any atom is 0.407 e. The third-order valence-corrected chi connectivity index (χ3v) is 5.80. The minimum Gasteiger partial charge on any atom is -0.465 e. The van der Waals surface area contributed by atoms with Gasteiger partial charge in [-0.2, -0.15) is 5.10 Å². The number of nitrogens with zero attached hydrogens (tertiary/aromatic N) is 3. The average Bonchev–Trinajstić information content (AvgIpc) is 3.29. The van der Waals surface area contributed by atoms with Crippen molar-refractivity contribution >= 4 is 23.6 Å². The fraction of sp³-hybridized carbons (Fsp3) is 0.565. The van der Waals surface area contributed by atoms with Crippen LogP contribution in [0.15, 0.2) is 18.5 Å². The molecule has 0 bridgehead atoms. The first-order chi connectivity index (χ1) is 16.0. The molecule has 1 aliphatic carbocycles. The Morgan fingerprint density at radius 3 is 2.67 bits per heavy atom. The van der Waals surface area contributed by atoms with E-state index in [1.807, 2.05) is 20.0 Å². The second kappa shape index (κ2) is 11.5. The Kier molecular flexibility index (Phi) is 8.51. The molecule has 0 saturated heterocycles. The number of aryl methyl sites for hydroxylation is 1. The summed E-state index contributed by atoms with van der Waals surface area (Å²) in [6.07, 6.45) is 8.64. The molecule has 2 aromatic heterocycles. The topological polar surface area (TPSA) is 133 Å². The summed E-state index contributed by atoms with van der Waals surface area (Å²) in [5.74, 6) is -0.0321. The molecule has 1 fully saturated rings. The number of nitrogens with two attached hydrogens (primary N) is 1. The van der Waals surface area contributed by atoms with Crippen molar-refractivity contribution in [3.8, 4) is 11.3 Å². The third kappa shape index (κ3) is 6.15. The van der Waals surface area contributed by atoms with Gasteiger partial charge in [-0.05, 0) is 26.2 Å². The zero-order valence-corrected chi connectivity index (χ0v) is 19.6. The van der Waals surface area contributed by atoms with Gasteiger partial charge in [0, 0.05) is 30.4 Å². The van der Waals surface area contributed by atoms with Gasteiger partial charge in [0.25, 0.3) is 0 Å². The summed E-state index contributed by atoms with van der Waals surface area (Å²) in [4.78, 5) is 29.3. The van der Waals surface area contributed by atoms with Crippen LogP contribution < -0.4 is 16.4 Å². The van der Waals surface area contributed by atoms with Gasteiger partial charge in [0.1, 0.15) is 11.4 Å². The minimum absolute atomic E-state index is 0.0421. The summed E-state index contributed by atoms with van der Waals surface area (Å²) < 4.78 is 12.0. The van der Waals surface area contributed by atoms with E-state index in [0.29, 0.717) is 30.2 Å². The number of nitrogens with one attached hydrogen (secondary N) is 2. The summed E-state index contributed by atoms with van der Waals surface area (Å²) in [6, 6.07) is 1.49. The van der Waals surface area contributed by atoms with Gasteiger partial charge in [-0.15, -0.1) is 0 Å². The quantitative estimate of drug-likeness (QED) is 0.383. The number of hydrogen-bond acceptors (Lipinski definition) is 8. The molecule has 10 nitrogen and oxygen atoms in total. The second-order valence-corrected chi connectivity index (χ2v) is 8.17. The number of anilines is 2. The van der Waals surface area contributed by atoms with Gasteiger partial charge in [0.05, 0.1) is 37.3 Å². The lowest BCUT2D eigenvalue weighted by Gasteiger charge is -2.33. The first kappa shape index (κ1) is 24.3. The van der Waals surface area contributed by atoms with Crippen LogP contribution in [-0.2, 0) is 16.0 Å². The molecule has 4 N–H and O–H groups in total. The molecule has 2 atom stereocenters. The van der Waals surface area contributed by atoms with Crippen molar-refractivity contribution in [1.29, 1.82) is 0 Å². The summed E-state index contributed by atoms with van der Waals surface area (Å²) in [5, 5.41) is 10.7. The van der Waals surface area contributed by atoms with Crippen molar-refractivity contribution in [3.05, 3.63) is 24.0 Å². The molecule has 0 radical (unpaired) electrons. The lowest BCUT2D eigenvalue weighted by Crippen LogP contribution is -2.48. The molecule has 1 saturated carbocycles. The number of ether oxygens (including phenoxy) is 2. The zero-order valence-electron chi connectivity index (χ0n) is 19.6. The summed E-state index contributed by atoms with van der Waals surface area (Å²) in [5.41, 5.74) is 7.81. The third-order valence-electron chi connectivity index (χ3n) is 5.80. The molecule has 180 valence electrons. The molecular formula is C23H34N6O4. The first-order valence-electron chi connectivity index (χ1n) is 11.6. The summed E-state index contributed by atoms with van der Waals surface area (Å²) in [6.45, 7) is 5.12. The number of carbonyl (C=O) groups is 2. The van der Waals surface area contributed by atoms with Crippen LogP contribution in [0.25, 0.3) is 11.3 Å². The second-order valence-electron chi connectivity index (χ2n) is 8.17. The lowest BCUT2D eigenvalue weighted by atomic mass is 9.90. The number of hydrogen-bond donors (Lipinski definition) is 3. The van der Waals surface area contributed by atoms with Crippen LogP contribution in [-0.4, -0.2) is 52.6 Å². The van der Waals surface area contributed by atoms with Crippen LogP contribution in [0.2, 0.25) is 0 Å². The molecule has 1 amide bonds. The van der Waals surface area contributed by atoms with Gasteiger partial charge in [0.2, 0.25) is 0 Å². The van der Waals surface area contributed by atoms with Gasteiger partial charge in [-0.3, -0.25) is 4.68 Å². The number of carbonyl (C=O) groups excluding carboxylic acids is 2. The first-order valence-corrected chi connectivity index (χ1v) is 11.6. The normalized spacial score (nSPS) is 17.9. The maximum absolute atomic E-state index is 12.4. The largest absolute Gasteiger partial charge is 0.465 e. The Bertz CT molecular complexity index is 960. The van der Waals surface area contributed by atoms with Gasteiger partial charge in [-0.25, -0.2) is 14.6 Å². The number of esters is 1. The summed E-state index contributed by atoms with van der Waals surface area (Å²) in [7, 11) is 1.31. The predicted octanol–water partition coefficient (Wildman–Crippen LogP) is 3.58. The van der Waals surface area contributed by atoms with E-state index in [1.54, 1.807) is 16.9 Å². The fourth-order valence-electron chi connectivity index (χ4n) is 3.99. The van der Waals surface area contributed by atoms with Gasteiger partial charge in [0.15, 0.2) is 0 Å². The van der Waals surface area contributed by atoms with E-state index >= 15 is 0 Å². The minimum atomic E-state index is -0.558. The van der Waals surface area contributed by atoms with Crippen molar-refractivity contribution in [2.75, 3.05) is 24.8 Å². The van der Waals surface area contributed by atoms with E-state index in [-0.39, 0.29) is 23.3 Å². The van der Waals surface area contributed by atoms with Crippen LogP contribution in [0.5, 0.6) is 0 Å². The standard InChI is InChI=1S/C23H34N6O4/c1-4-6-11-33-23(31)27-18-10-8-7-9-17(18)26-19-12-16(24)20(22(30)32-3)21(28-19)15-13-25-29(5-2)14-15/h12-14,17-18H,4-11H2,1-3H3,(H,27,31)(H3,24,26,28)/t17-,18+/m1/s1. The highest BCUT2D eigenvalue weighted by atomic mass is 16.5. The van der Waals surface area contributed by atoms with Crippen molar-refractivity contribution in [1.82, 2.24) is 20.1 Å². The monoisotopic (exact) mass is 458 g/mol. The number of pyridine rings is 1. The number of aromatic nitrogens is 3. The van der Waals surface area contributed by atoms with Crippen molar-refractivity contribution in [2.24, 2.45) is 0 Å². The van der Waals surface area contributed by atoms with Crippen LogP contribution in [0.4, 0.5) is 16.3 Å². The van der Waals surface area contributed by atoms with Crippen molar-refractivity contribution < 1.29 is 19.1 Å². The summed E-state index contributed by atoms with van der Waals surface area (Å²) >= 11 is 0. The Hall–Kier alpha value is -3.30. The maximum atomic E-state index is 12.4. The van der Waals surface area contributed by atoms with E-state index in [9.17, 15) is 9.59 Å². The molecule has 0 unspecified atom stereocenters. The van der Waals surface area contributed by atoms with Crippen LogP contribution in [0.1, 0.15) is 62.7 Å². The van der Waals surface area contributed by atoms with Gasteiger partial charge in [-0.1, -0.05) is 26.2 Å². The number of alkyl carbamates (subject to hydrolysis) is 1. The Balaban J connectivity index is 1.84. The predicted molar refractivity (Wildman–Crippen MR) is 126 cm³/mol. The Morgan fingerprint density at radius 2 is 2.00 bits per heavy atom. The van der Waals surface area contributed by atoms with E-state index in [2.05, 4.69) is 15.7 Å². The number of methoxy groups -OCH3 is 1. The molecule has 0 aliphatic heterocycles. The van der Waals surface area contributed by atoms with E-state index in [4.69, 9.17) is 20.2 Å². The molecule has 0 spiro atoms. The van der Waals surface area contributed by atoms with Gasteiger partial charge >= 0.3 is 12.1 Å². The van der Waals surface area contributed by atoms with E-state index in [0.717, 1.165) is 38.5 Å². The lowest BCUT2D eigenvalue weighted by molar-refractivity contribution is 0.0602. The Labute approximate surface area is 194 Å². The van der Waals surface area contributed by atoms with Gasteiger partial charge < -0.3 is 25.8 Å². The van der Waals surface area contributed by atoms with Crippen molar-refractivity contribution in [3.63, 3.8) is 0 Å².